The zero-order chi connectivity index (χ0) is 14.0. The molecule has 0 spiro atoms. The third-order valence-electron chi connectivity index (χ3n) is 3.22. The molecule has 1 aromatic carbocycles. The monoisotopic (exact) mass is 259 g/mol. The van der Waals surface area contributed by atoms with Crippen LogP contribution >= 0.6 is 0 Å². The summed E-state index contributed by atoms with van der Waals surface area (Å²) >= 11 is 0. The number of hydrogen-bond acceptors (Lipinski definition) is 3. The molecule has 0 aromatic heterocycles. The molecule has 0 aliphatic carbocycles. The second-order valence-electron chi connectivity index (χ2n) is 4.61. The van der Waals surface area contributed by atoms with Crippen LogP contribution in [0.2, 0.25) is 0 Å². The molecule has 0 fully saturated rings. The number of carbonyl (C=O) groups excluding carboxylic acids is 2. The molecule has 0 N–H and O–H groups in total. The number of anilines is 1. The van der Waals surface area contributed by atoms with Crippen LogP contribution in [0, 0.1) is 0 Å². The summed E-state index contributed by atoms with van der Waals surface area (Å²) in [4.78, 5) is 25.0. The number of nitrogens with zero attached hydrogens (tertiary/aromatic N) is 1. The maximum absolute atomic E-state index is 11.9. The Balaban J connectivity index is 2.21. The van der Waals surface area contributed by atoms with E-state index in [0.29, 0.717) is 12.1 Å². The highest BCUT2D eigenvalue weighted by Gasteiger charge is 2.23. The predicted molar refractivity (Wildman–Crippen MR) is 73.2 cm³/mol. The fraction of sp³-hybridized carbons (Fsp3) is 0.333. The summed E-state index contributed by atoms with van der Waals surface area (Å²) in [6.07, 6.45) is 2.03. The van der Waals surface area contributed by atoms with Crippen molar-refractivity contribution in [2.45, 2.75) is 26.4 Å². The lowest BCUT2D eigenvalue weighted by molar-refractivity contribution is -0.116. The van der Waals surface area contributed by atoms with E-state index >= 15 is 0 Å². The number of fused-ring (bicyclic) bond motifs is 1. The summed E-state index contributed by atoms with van der Waals surface area (Å²) in [5.74, 6) is -0.342. The first-order valence-electron chi connectivity index (χ1n) is 6.27. The summed E-state index contributed by atoms with van der Waals surface area (Å²) in [5, 5.41) is 0. The van der Waals surface area contributed by atoms with Crippen LogP contribution in [0.3, 0.4) is 0 Å². The van der Waals surface area contributed by atoms with Gasteiger partial charge in [0.05, 0.1) is 5.56 Å². The van der Waals surface area contributed by atoms with Crippen LogP contribution in [0.5, 0.6) is 0 Å². The van der Waals surface area contributed by atoms with Gasteiger partial charge in [-0.3, -0.25) is 4.79 Å². The van der Waals surface area contributed by atoms with Gasteiger partial charge in [-0.25, -0.2) is 4.79 Å². The molecule has 0 saturated carbocycles. The van der Waals surface area contributed by atoms with Crippen molar-refractivity contribution in [1.82, 2.24) is 0 Å². The van der Waals surface area contributed by atoms with Gasteiger partial charge in [0, 0.05) is 19.2 Å². The van der Waals surface area contributed by atoms with Gasteiger partial charge in [0.1, 0.15) is 6.10 Å². The number of rotatable bonds is 3. The van der Waals surface area contributed by atoms with Gasteiger partial charge >= 0.3 is 5.97 Å². The van der Waals surface area contributed by atoms with Gasteiger partial charge in [-0.05, 0) is 37.1 Å². The van der Waals surface area contributed by atoms with Gasteiger partial charge < -0.3 is 9.64 Å². The molecule has 1 aliphatic rings. The first kappa shape index (κ1) is 13.3. The topological polar surface area (TPSA) is 46.6 Å². The molecular weight excluding hydrogens is 242 g/mol. The van der Waals surface area contributed by atoms with Crippen molar-refractivity contribution in [2.75, 3.05) is 11.4 Å². The molecule has 1 heterocycles. The zero-order valence-corrected chi connectivity index (χ0v) is 11.2. The van der Waals surface area contributed by atoms with Gasteiger partial charge in [0.2, 0.25) is 5.91 Å². The van der Waals surface area contributed by atoms with Crippen molar-refractivity contribution in [3.05, 3.63) is 42.0 Å². The average Bonchev–Trinajstić information content (AvgIpc) is 2.81. The zero-order valence-electron chi connectivity index (χ0n) is 11.2. The fourth-order valence-corrected chi connectivity index (χ4v) is 2.14. The molecule has 0 saturated heterocycles. The minimum absolute atomic E-state index is 0.0226. The smallest absolute Gasteiger partial charge is 0.338 e. The maximum atomic E-state index is 11.9. The van der Waals surface area contributed by atoms with Crippen molar-refractivity contribution in [1.29, 1.82) is 0 Å². The van der Waals surface area contributed by atoms with E-state index in [1.807, 2.05) is 0 Å². The fourth-order valence-electron chi connectivity index (χ4n) is 2.14. The summed E-state index contributed by atoms with van der Waals surface area (Å²) < 4.78 is 5.18. The van der Waals surface area contributed by atoms with Crippen molar-refractivity contribution in [3.8, 4) is 0 Å². The Labute approximate surface area is 112 Å². The lowest BCUT2D eigenvalue weighted by Gasteiger charge is -2.15. The Kier molecular flexibility index (Phi) is 3.69. The molecular formula is C15H17NO3. The second kappa shape index (κ2) is 5.26. The molecule has 19 heavy (non-hydrogen) atoms. The van der Waals surface area contributed by atoms with Gasteiger partial charge in [-0.15, -0.1) is 0 Å². The molecule has 2 rings (SSSR count). The first-order valence-corrected chi connectivity index (χ1v) is 6.27. The molecule has 4 nitrogen and oxygen atoms in total. The highest BCUT2D eigenvalue weighted by atomic mass is 16.5. The van der Waals surface area contributed by atoms with Crippen LogP contribution in [0.25, 0.3) is 0 Å². The van der Waals surface area contributed by atoms with Crippen LogP contribution in [-0.4, -0.2) is 24.5 Å². The van der Waals surface area contributed by atoms with Gasteiger partial charge in [0.15, 0.2) is 0 Å². The molecule has 1 aromatic rings. The summed E-state index contributed by atoms with van der Waals surface area (Å²) in [6.45, 7) is 7.55. The van der Waals surface area contributed by atoms with E-state index in [2.05, 4.69) is 6.58 Å². The number of amides is 1. The molecule has 0 unspecified atom stereocenters. The van der Waals surface area contributed by atoms with Crippen LogP contribution in [0.1, 0.15) is 29.8 Å². The van der Waals surface area contributed by atoms with E-state index in [-0.39, 0.29) is 18.0 Å². The molecule has 100 valence electrons. The number of esters is 1. The van der Waals surface area contributed by atoms with Crippen LogP contribution in [-0.2, 0) is 16.0 Å². The quantitative estimate of drug-likeness (QED) is 0.618. The highest BCUT2D eigenvalue weighted by molar-refractivity contribution is 5.96. The Bertz CT molecular complexity index is 536. The number of hydrogen-bond donors (Lipinski definition) is 0. The first-order chi connectivity index (χ1) is 9.02. The molecule has 1 atom stereocenters. The third-order valence-corrected chi connectivity index (χ3v) is 3.22. The lowest BCUT2D eigenvalue weighted by atomic mass is 10.1. The average molecular weight is 259 g/mol. The summed E-state index contributed by atoms with van der Waals surface area (Å²) in [5.41, 5.74) is 2.41. The molecule has 1 aliphatic heterocycles. The largest absolute Gasteiger partial charge is 0.455 e. The van der Waals surface area contributed by atoms with Crippen molar-refractivity contribution < 1.29 is 14.3 Å². The number of carbonyl (C=O) groups is 2. The van der Waals surface area contributed by atoms with E-state index in [4.69, 9.17) is 4.74 Å². The minimum atomic E-state index is -0.364. The Morgan fingerprint density at radius 2 is 2.21 bits per heavy atom. The number of benzene rings is 1. The van der Waals surface area contributed by atoms with E-state index in [1.165, 1.54) is 0 Å². The molecule has 0 bridgehead atoms. The SMILES string of the molecule is C=C[C@H](C)OC(=O)c1ccc2c(c1)CCN2C(C)=O. The van der Waals surface area contributed by atoms with E-state index in [1.54, 1.807) is 43.0 Å². The minimum Gasteiger partial charge on any atom is -0.455 e. The molecule has 1 amide bonds. The predicted octanol–water partition coefficient (Wildman–Crippen LogP) is 2.33. The number of ether oxygens (including phenoxy) is 1. The van der Waals surface area contributed by atoms with Gasteiger partial charge in [-0.2, -0.15) is 0 Å². The Hall–Kier alpha value is -2.10. The Morgan fingerprint density at radius 3 is 2.84 bits per heavy atom. The maximum Gasteiger partial charge on any atom is 0.338 e. The van der Waals surface area contributed by atoms with Crippen LogP contribution in [0.15, 0.2) is 30.9 Å². The molecule has 0 radical (unpaired) electrons. The second-order valence-corrected chi connectivity index (χ2v) is 4.61. The Morgan fingerprint density at radius 1 is 1.47 bits per heavy atom. The lowest BCUT2D eigenvalue weighted by Crippen LogP contribution is -2.25. The van der Waals surface area contributed by atoms with E-state index in [0.717, 1.165) is 17.7 Å². The third kappa shape index (κ3) is 2.67. The highest BCUT2D eigenvalue weighted by Crippen LogP contribution is 2.29. The van der Waals surface area contributed by atoms with Gasteiger partial charge in [-0.1, -0.05) is 12.7 Å². The van der Waals surface area contributed by atoms with Crippen LogP contribution in [0.4, 0.5) is 5.69 Å². The van der Waals surface area contributed by atoms with Crippen LogP contribution < -0.4 is 4.90 Å². The van der Waals surface area contributed by atoms with E-state index < -0.39 is 0 Å². The van der Waals surface area contributed by atoms with E-state index in [9.17, 15) is 9.59 Å². The summed E-state index contributed by atoms with van der Waals surface area (Å²) in [7, 11) is 0. The van der Waals surface area contributed by atoms with Crippen molar-refractivity contribution in [3.63, 3.8) is 0 Å². The van der Waals surface area contributed by atoms with Crippen molar-refractivity contribution >= 4 is 17.6 Å². The summed E-state index contributed by atoms with van der Waals surface area (Å²) in [6, 6.07) is 5.30. The normalized spacial score (nSPS) is 14.7. The standard InChI is InChI=1S/C15H17NO3/c1-4-10(2)19-15(18)13-5-6-14-12(9-13)7-8-16(14)11(3)17/h4-6,9-10H,1,7-8H2,2-3H3/t10-/m0/s1. The molecule has 4 heteroatoms. The van der Waals surface area contributed by atoms with Crippen molar-refractivity contribution in [2.24, 2.45) is 0 Å². The van der Waals surface area contributed by atoms with Gasteiger partial charge in [0.25, 0.3) is 0 Å².